The molecule has 100 valence electrons. The van der Waals surface area contributed by atoms with Crippen molar-refractivity contribution in [1.82, 2.24) is 10.2 Å². The first kappa shape index (κ1) is 14.5. The van der Waals surface area contributed by atoms with E-state index in [1.165, 1.54) is 0 Å². The highest BCUT2D eigenvalue weighted by Crippen LogP contribution is 2.15. The Balaban J connectivity index is 2.23. The van der Waals surface area contributed by atoms with Crippen LogP contribution in [0.4, 0.5) is 0 Å². The molecule has 1 saturated heterocycles. The second-order valence-corrected chi connectivity index (χ2v) is 5.54. The predicted molar refractivity (Wildman–Crippen MR) is 69.0 cm³/mol. The summed E-state index contributed by atoms with van der Waals surface area (Å²) in [6.45, 7) is 8.52. The second-order valence-electron chi connectivity index (χ2n) is 5.54. The first-order valence-electron chi connectivity index (χ1n) is 6.51. The number of likely N-dealkylation sites (tertiary alicyclic amines) is 1. The van der Waals surface area contributed by atoms with Crippen LogP contribution in [0.1, 0.15) is 40.0 Å². The molecule has 0 aliphatic carbocycles. The summed E-state index contributed by atoms with van der Waals surface area (Å²) in [5, 5.41) is 3.28. The third-order valence-electron chi connectivity index (χ3n) is 3.41. The Morgan fingerprint density at radius 3 is 2.53 bits per heavy atom. The van der Waals surface area contributed by atoms with E-state index in [1.807, 2.05) is 4.90 Å². The van der Waals surface area contributed by atoms with Crippen molar-refractivity contribution in [2.75, 3.05) is 26.7 Å². The third-order valence-corrected chi connectivity index (χ3v) is 3.41. The van der Waals surface area contributed by atoms with E-state index < -0.39 is 0 Å². The smallest absolute Gasteiger partial charge is 0.236 e. The largest absolute Gasteiger partial charge is 0.379 e. The summed E-state index contributed by atoms with van der Waals surface area (Å²) < 4.78 is 5.38. The molecular formula is C13H26N2O2. The van der Waals surface area contributed by atoms with Crippen LogP contribution in [0.5, 0.6) is 0 Å². The molecule has 4 heteroatoms. The molecule has 0 radical (unpaired) electrons. The maximum atomic E-state index is 11.8. The highest BCUT2D eigenvalue weighted by molar-refractivity contribution is 5.78. The summed E-state index contributed by atoms with van der Waals surface area (Å²) in [7, 11) is 1.72. The molecule has 1 atom stereocenters. The van der Waals surface area contributed by atoms with E-state index in [0.717, 1.165) is 32.4 Å². The van der Waals surface area contributed by atoms with Crippen molar-refractivity contribution in [3.05, 3.63) is 0 Å². The van der Waals surface area contributed by atoms with Gasteiger partial charge in [0, 0.05) is 26.2 Å². The molecule has 1 N–H and O–H groups in total. The van der Waals surface area contributed by atoms with Crippen LogP contribution in [0.25, 0.3) is 0 Å². The van der Waals surface area contributed by atoms with Crippen molar-refractivity contribution < 1.29 is 9.53 Å². The molecule has 0 spiro atoms. The van der Waals surface area contributed by atoms with Crippen LogP contribution in [0, 0.1) is 0 Å². The fourth-order valence-electron chi connectivity index (χ4n) is 2.23. The molecule has 0 saturated carbocycles. The normalized spacial score (nSPS) is 18.5. The molecule has 0 bridgehead atoms. The fraction of sp³-hybridized carbons (Fsp3) is 0.923. The highest BCUT2D eigenvalue weighted by atomic mass is 16.5. The average molecular weight is 242 g/mol. The lowest BCUT2D eigenvalue weighted by Crippen LogP contribution is -2.42. The van der Waals surface area contributed by atoms with E-state index in [-0.39, 0.29) is 17.6 Å². The first-order chi connectivity index (χ1) is 7.94. The number of carbonyl (C=O) groups excluding carboxylic acids is 1. The zero-order valence-corrected chi connectivity index (χ0v) is 11.6. The minimum atomic E-state index is -0.136. The molecule has 0 aromatic heterocycles. The van der Waals surface area contributed by atoms with Crippen LogP contribution in [-0.2, 0) is 9.53 Å². The Morgan fingerprint density at radius 1 is 1.41 bits per heavy atom. The van der Waals surface area contributed by atoms with Crippen LogP contribution >= 0.6 is 0 Å². The summed E-state index contributed by atoms with van der Waals surface area (Å²) in [6.07, 6.45) is 3.20. The number of hydrogen-bond donors (Lipinski definition) is 1. The molecule has 1 unspecified atom stereocenters. The van der Waals surface area contributed by atoms with E-state index >= 15 is 0 Å². The van der Waals surface area contributed by atoms with Gasteiger partial charge < -0.3 is 15.0 Å². The number of amides is 1. The van der Waals surface area contributed by atoms with Gasteiger partial charge in [-0.05, 0) is 40.0 Å². The molecule has 17 heavy (non-hydrogen) atoms. The minimum Gasteiger partial charge on any atom is -0.379 e. The van der Waals surface area contributed by atoms with Gasteiger partial charge in [-0.1, -0.05) is 0 Å². The summed E-state index contributed by atoms with van der Waals surface area (Å²) >= 11 is 0. The van der Waals surface area contributed by atoms with E-state index in [0.29, 0.717) is 6.54 Å². The Labute approximate surface area is 105 Å². The van der Waals surface area contributed by atoms with E-state index in [9.17, 15) is 4.79 Å². The lowest BCUT2D eigenvalue weighted by atomic mass is 10.00. The first-order valence-corrected chi connectivity index (χ1v) is 6.51. The summed E-state index contributed by atoms with van der Waals surface area (Å²) in [5.41, 5.74) is -0.136. The second kappa shape index (κ2) is 6.36. The molecule has 1 heterocycles. The Bertz CT molecular complexity index is 248. The van der Waals surface area contributed by atoms with Crippen molar-refractivity contribution in [1.29, 1.82) is 0 Å². The Kier molecular flexibility index (Phi) is 5.40. The number of carbonyl (C=O) groups is 1. The lowest BCUT2D eigenvalue weighted by molar-refractivity contribution is -0.129. The SMILES string of the molecule is COC(C)(C)CC(C)NCC(=O)N1CCCC1. The third kappa shape index (κ3) is 5.04. The maximum Gasteiger partial charge on any atom is 0.236 e. The van der Waals surface area contributed by atoms with Crippen LogP contribution in [0.3, 0.4) is 0 Å². The zero-order valence-electron chi connectivity index (χ0n) is 11.6. The molecular weight excluding hydrogens is 216 g/mol. The van der Waals surface area contributed by atoms with Crippen molar-refractivity contribution in [2.24, 2.45) is 0 Å². The predicted octanol–water partition coefficient (Wildman–Crippen LogP) is 1.40. The van der Waals surface area contributed by atoms with Crippen LogP contribution < -0.4 is 5.32 Å². The number of methoxy groups -OCH3 is 1. The van der Waals surface area contributed by atoms with Crippen LogP contribution in [0.15, 0.2) is 0 Å². The van der Waals surface area contributed by atoms with Gasteiger partial charge in [0.2, 0.25) is 5.91 Å². The van der Waals surface area contributed by atoms with Gasteiger partial charge in [-0.25, -0.2) is 0 Å². The summed E-state index contributed by atoms with van der Waals surface area (Å²) in [5.74, 6) is 0.226. The van der Waals surface area contributed by atoms with Gasteiger partial charge in [0.15, 0.2) is 0 Å². The number of ether oxygens (including phenoxy) is 1. The van der Waals surface area contributed by atoms with Crippen molar-refractivity contribution in [2.45, 2.75) is 51.7 Å². The molecule has 4 nitrogen and oxygen atoms in total. The van der Waals surface area contributed by atoms with Gasteiger partial charge in [-0.2, -0.15) is 0 Å². The van der Waals surface area contributed by atoms with Crippen LogP contribution in [-0.4, -0.2) is 49.2 Å². The van der Waals surface area contributed by atoms with Gasteiger partial charge in [0.25, 0.3) is 0 Å². The molecule has 1 aliphatic heterocycles. The summed E-state index contributed by atoms with van der Waals surface area (Å²) in [4.78, 5) is 13.8. The quantitative estimate of drug-likeness (QED) is 0.765. The molecule has 1 amide bonds. The molecule has 0 aromatic carbocycles. The van der Waals surface area contributed by atoms with Gasteiger partial charge >= 0.3 is 0 Å². The summed E-state index contributed by atoms with van der Waals surface area (Å²) in [6, 6.07) is 0.288. The molecule has 1 rings (SSSR count). The van der Waals surface area contributed by atoms with Gasteiger partial charge in [0.1, 0.15) is 0 Å². The van der Waals surface area contributed by atoms with Crippen molar-refractivity contribution >= 4 is 5.91 Å². The lowest BCUT2D eigenvalue weighted by Gasteiger charge is -2.27. The molecule has 1 fully saturated rings. The Hall–Kier alpha value is -0.610. The standard InChI is InChI=1S/C13H26N2O2/c1-11(9-13(2,3)17-4)14-10-12(16)15-7-5-6-8-15/h11,14H,5-10H2,1-4H3. The highest BCUT2D eigenvalue weighted by Gasteiger charge is 2.22. The topological polar surface area (TPSA) is 41.6 Å². The van der Waals surface area contributed by atoms with E-state index in [2.05, 4.69) is 26.1 Å². The number of hydrogen-bond acceptors (Lipinski definition) is 3. The minimum absolute atomic E-state index is 0.136. The fourth-order valence-corrected chi connectivity index (χ4v) is 2.23. The number of rotatable bonds is 6. The Morgan fingerprint density at radius 2 is 2.00 bits per heavy atom. The van der Waals surface area contributed by atoms with Crippen LogP contribution in [0.2, 0.25) is 0 Å². The van der Waals surface area contributed by atoms with Gasteiger partial charge in [0.05, 0.1) is 12.1 Å². The van der Waals surface area contributed by atoms with Crippen molar-refractivity contribution in [3.8, 4) is 0 Å². The van der Waals surface area contributed by atoms with E-state index in [4.69, 9.17) is 4.74 Å². The average Bonchev–Trinajstić information content (AvgIpc) is 2.78. The molecule has 0 aromatic rings. The van der Waals surface area contributed by atoms with E-state index in [1.54, 1.807) is 7.11 Å². The maximum absolute atomic E-state index is 11.8. The van der Waals surface area contributed by atoms with Crippen molar-refractivity contribution in [3.63, 3.8) is 0 Å². The monoisotopic (exact) mass is 242 g/mol. The van der Waals surface area contributed by atoms with Gasteiger partial charge in [-0.15, -0.1) is 0 Å². The number of nitrogens with one attached hydrogen (secondary N) is 1. The van der Waals surface area contributed by atoms with Gasteiger partial charge in [-0.3, -0.25) is 4.79 Å². The zero-order chi connectivity index (χ0) is 12.9. The number of nitrogens with zero attached hydrogens (tertiary/aromatic N) is 1. The molecule has 1 aliphatic rings.